The second-order valence-corrected chi connectivity index (χ2v) is 3.42. The first kappa shape index (κ1) is 9.79. The maximum Gasteiger partial charge on any atom is 0.248 e. The van der Waals surface area contributed by atoms with Crippen molar-refractivity contribution >= 4 is 0 Å². The quantitative estimate of drug-likeness (QED) is 0.801. The fourth-order valence-electron chi connectivity index (χ4n) is 1.24. The largest absolute Gasteiger partial charge is 0.419 e. The predicted octanol–water partition coefficient (Wildman–Crippen LogP) is 1.46. The van der Waals surface area contributed by atoms with Gasteiger partial charge in [-0.15, -0.1) is 10.2 Å². The Morgan fingerprint density at radius 1 is 1.40 bits per heavy atom. The molecule has 1 atom stereocenters. The third-order valence-electron chi connectivity index (χ3n) is 2.08. The number of hydrogen-bond acceptors (Lipinski definition) is 5. The van der Waals surface area contributed by atoms with Crippen molar-refractivity contribution in [1.29, 1.82) is 0 Å². The molecule has 2 rings (SSSR count). The Morgan fingerprint density at radius 2 is 2.20 bits per heavy atom. The molecule has 2 heterocycles. The van der Waals surface area contributed by atoms with Crippen LogP contribution in [0.4, 0.5) is 0 Å². The van der Waals surface area contributed by atoms with Crippen LogP contribution < -0.4 is 5.73 Å². The number of nitrogens with two attached hydrogens (primary N) is 1. The van der Waals surface area contributed by atoms with E-state index in [4.69, 9.17) is 10.2 Å². The summed E-state index contributed by atoms with van der Waals surface area (Å²) in [6.45, 7) is 3.74. The molecule has 2 N–H and O–H groups in total. The van der Waals surface area contributed by atoms with Crippen LogP contribution in [0.2, 0.25) is 0 Å². The molecule has 5 heteroatoms. The van der Waals surface area contributed by atoms with Gasteiger partial charge in [0.1, 0.15) is 0 Å². The molecule has 0 fully saturated rings. The van der Waals surface area contributed by atoms with Crippen LogP contribution in [0, 0.1) is 6.92 Å². The molecular weight excluding hydrogens is 192 g/mol. The van der Waals surface area contributed by atoms with Gasteiger partial charge in [-0.1, -0.05) is 0 Å². The molecule has 5 nitrogen and oxygen atoms in total. The smallest absolute Gasteiger partial charge is 0.248 e. The van der Waals surface area contributed by atoms with E-state index in [1.165, 1.54) is 0 Å². The molecule has 1 unspecified atom stereocenters. The number of hydrogen-bond donors (Lipinski definition) is 1. The van der Waals surface area contributed by atoms with Gasteiger partial charge in [-0.3, -0.25) is 4.98 Å². The second-order valence-electron chi connectivity index (χ2n) is 3.42. The number of aryl methyl sites for hydroxylation is 1. The van der Waals surface area contributed by atoms with Crippen LogP contribution in [-0.4, -0.2) is 15.2 Å². The monoisotopic (exact) mass is 204 g/mol. The van der Waals surface area contributed by atoms with Crippen molar-refractivity contribution in [3.8, 4) is 11.5 Å². The minimum atomic E-state index is -0.242. The summed E-state index contributed by atoms with van der Waals surface area (Å²) in [5.74, 6) is 0.934. The van der Waals surface area contributed by atoms with Gasteiger partial charge in [-0.2, -0.15) is 0 Å². The topological polar surface area (TPSA) is 77.8 Å². The Bertz CT molecular complexity index is 464. The molecule has 0 aliphatic rings. The van der Waals surface area contributed by atoms with E-state index in [0.717, 1.165) is 11.1 Å². The molecule has 0 aromatic carbocycles. The lowest BCUT2D eigenvalue weighted by Crippen LogP contribution is -2.04. The number of rotatable bonds is 2. The first-order valence-electron chi connectivity index (χ1n) is 4.68. The number of nitrogens with zero attached hydrogens (tertiary/aromatic N) is 3. The second kappa shape index (κ2) is 3.78. The molecule has 0 saturated heterocycles. The van der Waals surface area contributed by atoms with Crippen LogP contribution in [0.15, 0.2) is 22.9 Å². The summed E-state index contributed by atoms with van der Waals surface area (Å²) in [4.78, 5) is 4.00. The zero-order valence-electron chi connectivity index (χ0n) is 8.64. The first-order valence-corrected chi connectivity index (χ1v) is 4.68. The molecule has 2 aromatic heterocycles. The summed E-state index contributed by atoms with van der Waals surface area (Å²) in [6, 6.07) is 1.60. The minimum absolute atomic E-state index is 0.242. The van der Waals surface area contributed by atoms with Crippen molar-refractivity contribution in [1.82, 2.24) is 15.2 Å². The van der Waals surface area contributed by atoms with Crippen LogP contribution in [0.1, 0.15) is 24.4 Å². The van der Waals surface area contributed by atoms with Gasteiger partial charge < -0.3 is 10.2 Å². The highest BCUT2D eigenvalue weighted by Gasteiger charge is 2.12. The van der Waals surface area contributed by atoms with Gasteiger partial charge >= 0.3 is 0 Å². The lowest BCUT2D eigenvalue weighted by Gasteiger charge is -1.98. The summed E-state index contributed by atoms with van der Waals surface area (Å²) in [7, 11) is 0. The molecule has 2 aromatic rings. The Morgan fingerprint density at radius 3 is 2.80 bits per heavy atom. The molecular formula is C10H12N4O. The van der Waals surface area contributed by atoms with Crippen LogP contribution in [0.25, 0.3) is 11.5 Å². The molecule has 0 aliphatic heterocycles. The Kier molecular flexibility index (Phi) is 2.47. The summed E-state index contributed by atoms with van der Waals surface area (Å²) in [6.07, 6.45) is 3.45. The highest BCUT2D eigenvalue weighted by atomic mass is 16.4. The Balaban J connectivity index is 2.42. The van der Waals surface area contributed by atoms with Crippen molar-refractivity contribution in [2.75, 3.05) is 0 Å². The maximum atomic E-state index is 5.63. The molecule has 0 amide bonds. The van der Waals surface area contributed by atoms with Crippen molar-refractivity contribution < 1.29 is 4.42 Å². The van der Waals surface area contributed by atoms with Crippen LogP contribution >= 0.6 is 0 Å². The van der Waals surface area contributed by atoms with Gasteiger partial charge in [0.25, 0.3) is 0 Å². The maximum absolute atomic E-state index is 5.63. The van der Waals surface area contributed by atoms with E-state index in [-0.39, 0.29) is 6.04 Å². The molecule has 0 spiro atoms. The zero-order chi connectivity index (χ0) is 10.8. The highest BCUT2D eigenvalue weighted by molar-refractivity contribution is 5.56. The summed E-state index contributed by atoms with van der Waals surface area (Å²) in [5, 5.41) is 7.82. The van der Waals surface area contributed by atoms with Gasteiger partial charge in [0.2, 0.25) is 11.8 Å². The highest BCUT2D eigenvalue weighted by Crippen LogP contribution is 2.21. The van der Waals surface area contributed by atoms with E-state index in [2.05, 4.69) is 15.2 Å². The number of pyridine rings is 1. The van der Waals surface area contributed by atoms with Crippen molar-refractivity contribution in [2.24, 2.45) is 5.73 Å². The van der Waals surface area contributed by atoms with Crippen molar-refractivity contribution in [2.45, 2.75) is 19.9 Å². The van der Waals surface area contributed by atoms with Crippen LogP contribution in [0.3, 0.4) is 0 Å². The molecule has 0 saturated carbocycles. The Hall–Kier alpha value is -1.75. The van der Waals surface area contributed by atoms with Crippen molar-refractivity contribution in [3.05, 3.63) is 29.9 Å². The zero-order valence-corrected chi connectivity index (χ0v) is 8.64. The lowest BCUT2D eigenvalue weighted by molar-refractivity contribution is 0.473. The standard InChI is InChI=1S/C10H12N4O/c1-6-5-12-4-3-8(6)10-14-13-9(15-10)7(2)11/h3-5,7H,11H2,1-2H3. The van der Waals surface area contributed by atoms with Crippen molar-refractivity contribution in [3.63, 3.8) is 0 Å². The molecule has 15 heavy (non-hydrogen) atoms. The normalized spacial score (nSPS) is 12.7. The van der Waals surface area contributed by atoms with E-state index in [0.29, 0.717) is 11.8 Å². The third-order valence-corrected chi connectivity index (χ3v) is 2.08. The minimum Gasteiger partial charge on any atom is -0.419 e. The first-order chi connectivity index (χ1) is 7.18. The molecule has 0 bridgehead atoms. The fraction of sp³-hybridized carbons (Fsp3) is 0.300. The predicted molar refractivity (Wildman–Crippen MR) is 54.9 cm³/mol. The van der Waals surface area contributed by atoms with Crippen LogP contribution in [0.5, 0.6) is 0 Å². The number of aromatic nitrogens is 3. The summed E-state index contributed by atoms with van der Waals surface area (Å²) in [5.41, 5.74) is 7.53. The van der Waals surface area contributed by atoms with E-state index in [1.807, 2.05) is 13.0 Å². The average Bonchev–Trinajstić information content (AvgIpc) is 2.67. The fourth-order valence-corrected chi connectivity index (χ4v) is 1.24. The third kappa shape index (κ3) is 1.87. The molecule has 78 valence electrons. The van der Waals surface area contributed by atoms with E-state index in [1.54, 1.807) is 19.3 Å². The molecule has 0 aliphatic carbocycles. The van der Waals surface area contributed by atoms with Crippen LogP contribution in [-0.2, 0) is 0 Å². The van der Waals surface area contributed by atoms with E-state index < -0.39 is 0 Å². The summed E-state index contributed by atoms with van der Waals surface area (Å²) < 4.78 is 5.44. The van der Waals surface area contributed by atoms with Gasteiger partial charge in [0.15, 0.2) is 0 Å². The van der Waals surface area contributed by atoms with E-state index >= 15 is 0 Å². The molecule has 0 radical (unpaired) electrons. The lowest BCUT2D eigenvalue weighted by atomic mass is 10.2. The van der Waals surface area contributed by atoms with Gasteiger partial charge in [0.05, 0.1) is 6.04 Å². The van der Waals surface area contributed by atoms with Gasteiger partial charge in [0, 0.05) is 18.0 Å². The van der Waals surface area contributed by atoms with Gasteiger partial charge in [-0.05, 0) is 25.5 Å². The van der Waals surface area contributed by atoms with E-state index in [9.17, 15) is 0 Å². The summed E-state index contributed by atoms with van der Waals surface area (Å²) >= 11 is 0. The van der Waals surface area contributed by atoms with Gasteiger partial charge in [-0.25, -0.2) is 0 Å². The average molecular weight is 204 g/mol. The Labute approximate surface area is 87.3 Å². The SMILES string of the molecule is Cc1cnccc1-c1nnc(C(C)N)o1.